The summed E-state index contributed by atoms with van der Waals surface area (Å²) < 4.78 is 33.5. The molecule has 0 bridgehead atoms. The number of amides is 4. The Kier molecular flexibility index (Phi) is 7.68. The number of aromatic nitrogens is 2. The first kappa shape index (κ1) is 25.0. The SMILES string of the molecule is NC(=O)N1CCCCC(OC(=O)c2cc(-c3ccc(F)cc3F)sc2NC(=O)Nc2cnccn2)C1. The molecule has 0 saturated carbocycles. The van der Waals surface area contributed by atoms with Gasteiger partial charge >= 0.3 is 18.0 Å². The highest BCUT2D eigenvalue weighted by Gasteiger charge is 2.27. The third-order valence-corrected chi connectivity index (χ3v) is 6.48. The van der Waals surface area contributed by atoms with E-state index in [0.29, 0.717) is 13.0 Å². The van der Waals surface area contributed by atoms with Gasteiger partial charge in [-0.2, -0.15) is 0 Å². The van der Waals surface area contributed by atoms with E-state index < -0.39 is 35.8 Å². The Bertz CT molecular complexity index is 1270. The number of ether oxygens (including phenoxy) is 1. The maximum absolute atomic E-state index is 14.5. The van der Waals surface area contributed by atoms with Crippen molar-refractivity contribution in [2.75, 3.05) is 23.7 Å². The predicted molar refractivity (Wildman–Crippen MR) is 129 cm³/mol. The molecule has 3 heterocycles. The van der Waals surface area contributed by atoms with E-state index >= 15 is 0 Å². The smallest absolute Gasteiger partial charge is 0.341 e. The average molecular weight is 517 g/mol. The number of likely N-dealkylation sites (tertiary alicyclic amines) is 1. The zero-order valence-electron chi connectivity index (χ0n) is 18.9. The van der Waals surface area contributed by atoms with Gasteiger partial charge in [-0.3, -0.25) is 15.6 Å². The highest BCUT2D eigenvalue weighted by atomic mass is 32.1. The maximum atomic E-state index is 14.5. The van der Waals surface area contributed by atoms with Gasteiger partial charge in [0.15, 0.2) is 5.82 Å². The number of urea groups is 2. The zero-order valence-corrected chi connectivity index (χ0v) is 19.7. The van der Waals surface area contributed by atoms with Gasteiger partial charge in [0.05, 0.1) is 18.3 Å². The highest BCUT2D eigenvalue weighted by molar-refractivity contribution is 7.20. The number of nitrogens with one attached hydrogen (secondary N) is 2. The number of hydrogen-bond donors (Lipinski definition) is 3. The number of rotatable bonds is 5. The Labute approximate surface area is 208 Å². The van der Waals surface area contributed by atoms with Gasteiger partial charge in [0.1, 0.15) is 22.7 Å². The van der Waals surface area contributed by atoms with Crippen LogP contribution in [0.1, 0.15) is 29.6 Å². The van der Waals surface area contributed by atoms with Gasteiger partial charge in [0.2, 0.25) is 0 Å². The average Bonchev–Trinajstić information content (AvgIpc) is 3.09. The second kappa shape index (κ2) is 11.1. The largest absolute Gasteiger partial charge is 0.457 e. The van der Waals surface area contributed by atoms with Crippen molar-refractivity contribution in [2.45, 2.75) is 25.4 Å². The lowest BCUT2D eigenvalue weighted by Crippen LogP contribution is -2.41. The molecule has 188 valence electrons. The number of nitrogens with zero attached hydrogens (tertiary/aromatic N) is 3. The second-order valence-electron chi connectivity index (χ2n) is 7.95. The molecule has 4 N–H and O–H groups in total. The fraction of sp³-hybridized carbons (Fsp3) is 0.261. The van der Waals surface area contributed by atoms with Gasteiger partial charge in [0, 0.05) is 35.4 Å². The fourth-order valence-corrected chi connectivity index (χ4v) is 4.75. The quantitative estimate of drug-likeness (QED) is 0.434. The van der Waals surface area contributed by atoms with Crippen LogP contribution in [0.25, 0.3) is 10.4 Å². The number of carbonyl (C=O) groups is 3. The molecule has 3 aromatic rings. The summed E-state index contributed by atoms with van der Waals surface area (Å²) in [6.45, 7) is 0.603. The molecule has 1 atom stereocenters. The first-order valence-electron chi connectivity index (χ1n) is 11.0. The lowest BCUT2D eigenvalue weighted by atomic mass is 10.1. The minimum atomic E-state index is -0.826. The van der Waals surface area contributed by atoms with Gasteiger partial charge in [-0.15, -0.1) is 11.3 Å². The first-order chi connectivity index (χ1) is 17.3. The molecular weight excluding hydrogens is 494 g/mol. The molecule has 4 rings (SSSR count). The van der Waals surface area contributed by atoms with Crippen molar-refractivity contribution in [1.29, 1.82) is 0 Å². The molecule has 1 aliphatic rings. The number of thiophene rings is 1. The van der Waals surface area contributed by atoms with E-state index in [-0.39, 0.29) is 33.4 Å². The van der Waals surface area contributed by atoms with E-state index in [2.05, 4.69) is 20.6 Å². The minimum Gasteiger partial charge on any atom is -0.457 e. The molecule has 1 saturated heterocycles. The molecule has 0 radical (unpaired) electrons. The predicted octanol–water partition coefficient (Wildman–Crippen LogP) is 4.22. The molecule has 0 spiro atoms. The molecule has 0 aliphatic carbocycles. The summed E-state index contributed by atoms with van der Waals surface area (Å²) in [5.74, 6) is -2.18. The van der Waals surface area contributed by atoms with E-state index in [0.717, 1.165) is 36.3 Å². The molecule has 2 aromatic heterocycles. The number of esters is 1. The van der Waals surface area contributed by atoms with Crippen LogP contribution in [0.15, 0.2) is 42.9 Å². The third kappa shape index (κ3) is 6.10. The van der Waals surface area contributed by atoms with Crippen LogP contribution in [0.3, 0.4) is 0 Å². The normalized spacial score (nSPS) is 15.6. The van der Waals surface area contributed by atoms with Crippen molar-refractivity contribution in [3.05, 3.63) is 60.1 Å². The molecule has 1 aromatic carbocycles. The number of hydrogen-bond acceptors (Lipinski definition) is 7. The van der Waals surface area contributed by atoms with Crippen molar-refractivity contribution in [2.24, 2.45) is 5.73 Å². The zero-order chi connectivity index (χ0) is 25.7. The van der Waals surface area contributed by atoms with E-state index in [1.165, 1.54) is 35.6 Å². The van der Waals surface area contributed by atoms with Crippen molar-refractivity contribution < 1.29 is 27.9 Å². The van der Waals surface area contributed by atoms with Crippen molar-refractivity contribution in [3.8, 4) is 10.4 Å². The van der Waals surface area contributed by atoms with E-state index in [9.17, 15) is 23.2 Å². The summed E-state index contributed by atoms with van der Waals surface area (Å²) in [7, 11) is 0. The number of primary amides is 1. The molecule has 1 unspecified atom stereocenters. The fourth-order valence-electron chi connectivity index (χ4n) is 3.69. The van der Waals surface area contributed by atoms with Crippen LogP contribution in [0.2, 0.25) is 0 Å². The Morgan fingerprint density at radius 3 is 2.69 bits per heavy atom. The van der Waals surface area contributed by atoms with Crippen molar-refractivity contribution >= 4 is 40.2 Å². The van der Waals surface area contributed by atoms with E-state index in [1.54, 1.807) is 0 Å². The topological polar surface area (TPSA) is 140 Å². The molecule has 13 heteroatoms. The Morgan fingerprint density at radius 2 is 1.97 bits per heavy atom. The van der Waals surface area contributed by atoms with Crippen LogP contribution < -0.4 is 16.4 Å². The van der Waals surface area contributed by atoms with Crippen LogP contribution in [0.5, 0.6) is 0 Å². The lowest BCUT2D eigenvalue weighted by molar-refractivity contribution is 0.0242. The van der Waals surface area contributed by atoms with Gasteiger partial charge < -0.3 is 15.4 Å². The van der Waals surface area contributed by atoms with Crippen LogP contribution >= 0.6 is 11.3 Å². The Morgan fingerprint density at radius 1 is 1.14 bits per heavy atom. The summed E-state index contributed by atoms with van der Waals surface area (Å²) >= 11 is 0.916. The van der Waals surface area contributed by atoms with Crippen LogP contribution in [0, 0.1) is 11.6 Å². The lowest BCUT2D eigenvalue weighted by Gasteiger charge is -2.22. The van der Waals surface area contributed by atoms with Gasteiger partial charge in [-0.1, -0.05) is 0 Å². The molecule has 10 nitrogen and oxygen atoms in total. The number of halogens is 2. The van der Waals surface area contributed by atoms with Gasteiger partial charge in [-0.25, -0.2) is 28.1 Å². The monoisotopic (exact) mass is 516 g/mol. The highest BCUT2D eigenvalue weighted by Crippen LogP contribution is 2.37. The van der Waals surface area contributed by atoms with Crippen molar-refractivity contribution in [1.82, 2.24) is 14.9 Å². The minimum absolute atomic E-state index is 0.0251. The van der Waals surface area contributed by atoms with Crippen LogP contribution in [-0.4, -0.2) is 52.1 Å². The second-order valence-corrected chi connectivity index (χ2v) is 9.01. The summed E-state index contributed by atoms with van der Waals surface area (Å²) in [5.41, 5.74) is 5.42. The number of carbonyl (C=O) groups excluding carboxylic acids is 3. The van der Waals surface area contributed by atoms with Crippen LogP contribution in [-0.2, 0) is 4.74 Å². The molecule has 4 amide bonds. The molecule has 36 heavy (non-hydrogen) atoms. The third-order valence-electron chi connectivity index (χ3n) is 5.39. The van der Waals surface area contributed by atoms with Crippen molar-refractivity contribution in [3.63, 3.8) is 0 Å². The molecule has 1 fully saturated rings. The Balaban J connectivity index is 1.60. The Hall–Kier alpha value is -4.13. The first-order valence-corrected chi connectivity index (χ1v) is 11.8. The molecule has 1 aliphatic heterocycles. The van der Waals surface area contributed by atoms with Gasteiger partial charge in [-0.05, 0) is 37.5 Å². The maximum Gasteiger partial charge on any atom is 0.341 e. The summed E-state index contributed by atoms with van der Waals surface area (Å²) in [6.07, 6.45) is 5.52. The van der Waals surface area contributed by atoms with E-state index in [4.69, 9.17) is 10.5 Å². The van der Waals surface area contributed by atoms with E-state index in [1.807, 2.05) is 0 Å². The van der Waals surface area contributed by atoms with Gasteiger partial charge in [0.25, 0.3) is 0 Å². The summed E-state index contributed by atoms with van der Waals surface area (Å²) in [5, 5.41) is 5.12. The number of anilines is 2. The van der Waals surface area contributed by atoms with Crippen LogP contribution in [0.4, 0.5) is 29.2 Å². The summed E-state index contributed by atoms with van der Waals surface area (Å²) in [6, 6.07) is 3.10. The number of benzene rings is 1. The summed E-state index contributed by atoms with van der Waals surface area (Å²) in [4.78, 5) is 46.8. The molecular formula is C23H22F2N6O4S. The standard InChI is InChI=1S/C23H22F2N6O4S/c24-13-4-5-15(17(25)9-13)18-10-16(20(36-18)30-23(34)29-19-11-27-6-7-28-19)21(32)35-14-3-1-2-8-31(12-14)22(26)33/h4-7,9-11,14H,1-3,8,12H2,(H2,26,33)(H2,28,29,30,34). The number of nitrogens with two attached hydrogens (primary N) is 1.